The molecule has 2 aromatic carbocycles. The van der Waals surface area contributed by atoms with Gasteiger partial charge in [0.15, 0.2) is 0 Å². The zero-order valence-corrected chi connectivity index (χ0v) is 14.7. The van der Waals surface area contributed by atoms with E-state index in [1.54, 1.807) is 6.20 Å². The number of rotatable bonds is 3. The van der Waals surface area contributed by atoms with Crippen LogP contribution < -0.4 is 0 Å². The minimum atomic E-state index is -0.144. The Hall–Kier alpha value is -1.32. The molecule has 0 spiro atoms. The predicted molar refractivity (Wildman–Crippen MR) is 95.9 cm³/mol. The van der Waals surface area contributed by atoms with Crippen molar-refractivity contribution in [1.29, 1.82) is 0 Å². The molecule has 6 heteroatoms. The molecule has 0 atom stereocenters. The standard InChI is InChI=1S/C17H10Cl4N2/c18-12-5-1-10(2-6-12)15(11-3-7-13(19)8-4-11)14-9-22-17(21)23-16(14)20/h1-9,15H. The summed E-state index contributed by atoms with van der Waals surface area (Å²) in [4.78, 5) is 8.11. The topological polar surface area (TPSA) is 25.8 Å². The van der Waals surface area contributed by atoms with Gasteiger partial charge in [0.25, 0.3) is 0 Å². The van der Waals surface area contributed by atoms with Crippen LogP contribution in [-0.2, 0) is 0 Å². The van der Waals surface area contributed by atoms with Gasteiger partial charge in [-0.2, -0.15) is 0 Å². The third kappa shape index (κ3) is 3.78. The van der Waals surface area contributed by atoms with Gasteiger partial charge < -0.3 is 0 Å². The van der Waals surface area contributed by atoms with Crippen LogP contribution in [0.3, 0.4) is 0 Å². The zero-order chi connectivity index (χ0) is 16.4. The third-order valence-corrected chi connectivity index (χ3v) is 4.45. The highest BCUT2D eigenvalue weighted by molar-refractivity contribution is 6.32. The van der Waals surface area contributed by atoms with Crippen molar-refractivity contribution in [3.63, 3.8) is 0 Å². The Kier molecular flexibility index (Phi) is 5.08. The summed E-state index contributed by atoms with van der Waals surface area (Å²) >= 11 is 24.1. The molecule has 0 radical (unpaired) electrons. The maximum Gasteiger partial charge on any atom is 0.223 e. The Bertz CT molecular complexity index is 772. The van der Waals surface area contributed by atoms with Crippen molar-refractivity contribution in [3.8, 4) is 0 Å². The van der Waals surface area contributed by atoms with E-state index in [-0.39, 0.29) is 11.2 Å². The molecule has 0 fully saturated rings. The molecule has 0 saturated carbocycles. The number of hydrogen-bond acceptors (Lipinski definition) is 2. The van der Waals surface area contributed by atoms with E-state index < -0.39 is 0 Å². The molecule has 0 amide bonds. The van der Waals surface area contributed by atoms with Crippen LogP contribution in [0.5, 0.6) is 0 Å². The molecule has 0 bridgehead atoms. The van der Waals surface area contributed by atoms with Crippen molar-refractivity contribution in [2.24, 2.45) is 0 Å². The van der Waals surface area contributed by atoms with E-state index in [9.17, 15) is 0 Å². The highest BCUT2D eigenvalue weighted by Gasteiger charge is 2.21. The smallest absolute Gasteiger partial charge is 0.223 e. The molecule has 2 nitrogen and oxygen atoms in total. The lowest BCUT2D eigenvalue weighted by atomic mass is 9.86. The van der Waals surface area contributed by atoms with Crippen LogP contribution in [0.25, 0.3) is 0 Å². The fourth-order valence-corrected chi connectivity index (χ4v) is 3.07. The van der Waals surface area contributed by atoms with Crippen LogP contribution >= 0.6 is 46.4 Å². The molecule has 0 aliphatic carbocycles. The van der Waals surface area contributed by atoms with Crippen LogP contribution in [0.1, 0.15) is 22.6 Å². The summed E-state index contributed by atoms with van der Waals surface area (Å²) in [6.07, 6.45) is 1.64. The number of nitrogens with zero attached hydrogens (tertiary/aromatic N) is 2. The lowest BCUT2D eigenvalue weighted by Crippen LogP contribution is -2.06. The summed E-state index contributed by atoms with van der Waals surface area (Å²) in [5.41, 5.74) is 2.80. The average molecular weight is 384 g/mol. The van der Waals surface area contributed by atoms with Crippen molar-refractivity contribution < 1.29 is 0 Å². The lowest BCUT2D eigenvalue weighted by Gasteiger charge is -2.19. The Balaban J connectivity index is 2.16. The van der Waals surface area contributed by atoms with E-state index in [1.165, 1.54) is 0 Å². The van der Waals surface area contributed by atoms with Gasteiger partial charge in [0.2, 0.25) is 5.28 Å². The average Bonchev–Trinajstić information content (AvgIpc) is 2.53. The number of halogens is 4. The first-order chi connectivity index (χ1) is 11.0. The highest BCUT2D eigenvalue weighted by atomic mass is 35.5. The minimum Gasteiger partial charge on any atom is -0.226 e. The van der Waals surface area contributed by atoms with Crippen LogP contribution in [0.15, 0.2) is 54.7 Å². The van der Waals surface area contributed by atoms with Crippen LogP contribution in [0.4, 0.5) is 0 Å². The molecular weight excluding hydrogens is 374 g/mol. The summed E-state index contributed by atoms with van der Waals surface area (Å²) in [6, 6.07) is 15.2. The molecule has 3 aromatic rings. The fourth-order valence-electron chi connectivity index (χ4n) is 2.41. The number of benzene rings is 2. The quantitative estimate of drug-likeness (QED) is 0.393. The first kappa shape index (κ1) is 16.5. The third-order valence-electron chi connectivity index (χ3n) is 3.46. The summed E-state index contributed by atoms with van der Waals surface area (Å²) in [5, 5.41) is 1.77. The van der Waals surface area contributed by atoms with Crippen molar-refractivity contribution in [3.05, 3.63) is 91.9 Å². The fraction of sp³-hybridized carbons (Fsp3) is 0.0588. The molecule has 3 rings (SSSR count). The van der Waals surface area contributed by atoms with Gasteiger partial charge in [-0.15, -0.1) is 0 Å². The van der Waals surface area contributed by atoms with Gasteiger partial charge in [0.1, 0.15) is 5.15 Å². The van der Waals surface area contributed by atoms with E-state index >= 15 is 0 Å². The zero-order valence-electron chi connectivity index (χ0n) is 11.7. The van der Waals surface area contributed by atoms with Gasteiger partial charge in [-0.3, -0.25) is 0 Å². The molecule has 116 valence electrons. The van der Waals surface area contributed by atoms with Crippen molar-refractivity contribution in [1.82, 2.24) is 9.97 Å². The van der Waals surface area contributed by atoms with E-state index in [0.29, 0.717) is 15.2 Å². The molecule has 1 heterocycles. The second kappa shape index (κ2) is 7.06. The monoisotopic (exact) mass is 382 g/mol. The summed E-state index contributed by atoms with van der Waals surface area (Å²) < 4.78 is 0. The Morgan fingerprint density at radius 2 is 1.17 bits per heavy atom. The van der Waals surface area contributed by atoms with Gasteiger partial charge in [0, 0.05) is 27.7 Å². The maximum absolute atomic E-state index is 6.30. The minimum absolute atomic E-state index is 0.115. The summed E-state index contributed by atoms with van der Waals surface area (Å²) in [6.45, 7) is 0. The Morgan fingerprint density at radius 1 is 0.696 bits per heavy atom. The number of hydrogen-bond donors (Lipinski definition) is 0. The molecule has 23 heavy (non-hydrogen) atoms. The van der Waals surface area contributed by atoms with Crippen LogP contribution in [0.2, 0.25) is 20.5 Å². The van der Waals surface area contributed by atoms with E-state index in [1.807, 2.05) is 48.5 Å². The van der Waals surface area contributed by atoms with E-state index in [2.05, 4.69) is 9.97 Å². The molecule has 0 aliphatic heterocycles. The normalized spacial score (nSPS) is 11.0. The Morgan fingerprint density at radius 3 is 1.61 bits per heavy atom. The van der Waals surface area contributed by atoms with Gasteiger partial charge in [-0.25, -0.2) is 9.97 Å². The second-order valence-electron chi connectivity index (χ2n) is 4.92. The first-order valence-corrected chi connectivity index (χ1v) is 8.24. The summed E-state index contributed by atoms with van der Waals surface area (Å²) in [7, 11) is 0. The van der Waals surface area contributed by atoms with E-state index in [4.69, 9.17) is 46.4 Å². The van der Waals surface area contributed by atoms with Crippen molar-refractivity contribution >= 4 is 46.4 Å². The summed E-state index contributed by atoms with van der Waals surface area (Å²) in [5.74, 6) is -0.144. The molecule has 1 aromatic heterocycles. The highest BCUT2D eigenvalue weighted by Crippen LogP contribution is 2.36. The van der Waals surface area contributed by atoms with Gasteiger partial charge in [0.05, 0.1) is 0 Å². The lowest BCUT2D eigenvalue weighted by molar-refractivity contribution is 0.941. The van der Waals surface area contributed by atoms with Crippen LogP contribution in [-0.4, -0.2) is 9.97 Å². The molecule has 0 unspecified atom stereocenters. The van der Waals surface area contributed by atoms with Gasteiger partial charge in [-0.05, 0) is 47.0 Å². The molecule has 0 aliphatic rings. The van der Waals surface area contributed by atoms with Crippen LogP contribution in [0, 0.1) is 0 Å². The van der Waals surface area contributed by atoms with Gasteiger partial charge in [-0.1, -0.05) is 59.1 Å². The van der Waals surface area contributed by atoms with E-state index in [0.717, 1.165) is 16.7 Å². The predicted octanol–water partition coefficient (Wildman–Crippen LogP) is 6.27. The molecular formula is C17H10Cl4N2. The van der Waals surface area contributed by atoms with Crippen molar-refractivity contribution in [2.45, 2.75) is 5.92 Å². The first-order valence-electron chi connectivity index (χ1n) is 6.73. The largest absolute Gasteiger partial charge is 0.226 e. The van der Waals surface area contributed by atoms with Gasteiger partial charge >= 0.3 is 0 Å². The second-order valence-corrected chi connectivity index (χ2v) is 6.49. The molecule has 0 saturated heterocycles. The maximum atomic E-state index is 6.30. The van der Waals surface area contributed by atoms with Crippen molar-refractivity contribution in [2.75, 3.05) is 0 Å². The number of aromatic nitrogens is 2. The SMILES string of the molecule is Clc1ccc(C(c2ccc(Cl)cc2)c2cnc(Cl)nc2Cl)cc1. The molecule has 0 N–H and O–H groups in total. The Labute approximate surface area is 154 Å².